The monoisotopic (exact) mass is 619 g/mol. The number of aryl methyl sites for hydroxylation is 1. The zero-order chi connectivity index (χ0) is 32.5. The number of unbranched alkanes of at least 4 members (excludes halogenated alkanes) is 1. The quantitative estimate of drug-likeness (QED) is 0.200. The van der Waals surface area contributed by atoms with E-state index in [0.717, 1.165) is 0 Å². The summed E-state index contributed by atoms with van der Waals surface area (Å²) in [5.74, 6) is -0.256. The third-order valence-corrected chi connectivity index (χ3v) is 7.66. The van der Waals surface area contributed by atoms with Crippen molar-refractivity contribution in [1.29, 1.82) is 0 Å². The van der Waals surface area contributed by atoms with Gasteiger partial charge in [-0.2, -0.15) is 0 Å². The number of hydrogen-bond acceptors (Lipinski definition) is 9. The highest BCUT2D eigenvalue weighted by Gasteiger charge is 2.43. The summed E-state index contributed by atoms with van der Waals surface area (Å²) in [7, 11) is 2.84. The molecule has 0 radical (unpaired) electrons. The molecule has 2 aromatic carbocycles. The third kappa shape index (κ3) is 6.61. The van der Waals surface area contributed by atoms with Crippen LogP contribution in [0, 0.1) is 0 Å². The second-order valence-electron chi connectivity index (χ2n) is 12.1. The van der Waals surface area contributed by atoms with E-state index in [4.69, 9.17) is 14.2 Å². The number of hydrogen-bond donors (Lipinski definition) is 0. The molecule has 0 N–H and O–H groups in total. The normalized spacial score (nSPS) is 17.9. The van der Waals surface area contributed by atoms with Gasteiger partial charge in [0.2, 0.25) is 0 Å². The number of fused-ring (bicyclic) bond motifs is 1. The van der Waals surface area contributed by atoms with Gasteiger partial charge in [0.05, 0.1) is 24.8 Å². The molecular formula is C32H37N5O8. The Morgan fingerprint density at radius 1 is 0.956 bits per heavy atom. The van der Waals surface area contributed by atoms with Crippen molar-refractivity contribution in [2.75, 3.05) is 20.2 Å². The average Bonchev–Trinajstić information content (AvgIpc) is 3.63. The molecule has 0 bridgehead atoms. The van der Waals surface area contributed by atoms with Crippen molar-refractivity contribution in [1.82, 2.24) is 24.1 Å². The van der Waals surface area contributed by atoms with E-state index in [-0.39, 0.29) is 37.0 Å². The summed E-state index contributed by atoms with van der Waals surface area (Å²) in [5, 5.41) is 4.44. The van der Waals surface area contributed by atoms with E-state index in [0.29, 0.717) is 47.7 Å². The summed E-state index contributed by atoms with van der Waals surface area (Å²) in [4.78, 5) is 66.2. The van der Waals surface area contributed by atoms with Gasteiger partial charge in [-0.25, -0.2) is 19.1 Å². The van der Waals surface area contributed by atoms with E-state index in [1.165, 1.54) is 21.6 Å². The van der Waals surface area contributed by atoms with Crippen LogP contribution in [-0.2, 0) is 27.9 Å². The van der Waals surface area contributed by atoms with Crippen LogP contribution in [0.25, 0.3) is 11.4 Å². The lowest BCUT2D eigenvalue weighted by molar-refractivity contribution is -0.145. The molecule has 1 aromatic heterocycles. The van der Waals surface area contributed by atoms with E-state index < -0.39 is 29.8 Å². The standard InChI is InChI=1S/C32H37N5O8/c1-32(2,3)45-31(42)37-19-22(18-25(37)29(40)43-5)44-21-12-10-11-20(17-21)26-33-34(4)30(41)35(26)15-8-9-16-36-27(38)23-13-6-7-14-24(23)28(36)39/h6-7,10-14,17,22,25H,8-9,15-16,18-19H2,1-5H3/t22-,25-/m0/s1. The number of likely N-dealkylation sites (tertiary alicyclic amines) is 1. The molecule has 0 saturated carbocycles. The van der Waals surface area contributed by atoms with Gasteiger partial charge in [0.1, 0.15) is 23.5 Å². The van der Waals surface area contributed by atoms with Crippen LogP contribution in [0.5, 0.6) is 5.75 Å². The number of ether oxygens (including phenoxy) is 3. The lowest BCUT2D eigenvalue weighted by atomic mass is 10.1. The Bertz CT molecular complexity index is 1650. The molecule has 3 aromatic rings. The van der Waals surface area contributed by atoms with Crippen LogP contribution in [0.15, 0.2) is 53.3 Å². The number of methoxy groups -OCH3 is 1. The van der Waals surface area contributed by atoms with E-state index in [9.17, 15) is 24.0 Å². The first kappa shape index (κ1) is 31.5. The lowest BCUT2D eigenvalue weighted by Gasteiger charge is -2.27. The first-order valence-corrected chi connectivity index (χ1v) is 14.8. The number of nitrogens with zero attached hydrogens (tertiary/aromatic N) is 5. The molecule has 2 aliphatic rings. The number of esters is 1. The maximum Gasteiger partial charge on any atom is 0.411 e. The van der Waals surface area contributed by atoms with E-state index >= 15 is 0 Å². The number of carbonyl (C=O) groups excluding carboxylic acids is 4. The molecule has 13 heteroatoms. The van der Waals surface area contributed by atoms with Gasteiger partial charge in [0, 0.05) is 32.1 Å². The average molecular weight is 620 g/mol. The summed E-state index contributed by atoms with van der Waals surface area (Å²) in [6, 6.07) is 13.0. The Labute approximate surface area is 260 Å². The van der Waals surface area contributed by atoms with Crippen LogP contribution in [0.3, 0.4) is 0 Å². The fraction of sp³-hybridized carbons (Fsp3) is 0.438. The number of amides is 3. The zero-order valence-electron chi connectivity index (χ0n) is 26.0. The Morgan fingerprint density at radius 2 is 1.62 bits per heavy atom. The van der Waals surface area contributed by atoms with Gasteiger partial charge in [-0.3, -0.25) is 24.0 Å². The van der Waals surface area contributed by atoms with Crippen LogP contribution in [-0.4, -0.2) is 86.0 Å². The fourth-order valence-electron chi connectivity index (χ4n) is 5.57. The number of carbonyl (C=O) groups is 4. The molecule has 0 spiro atoms. The molecule has 238 valence electrons. The smallest absolute Gasteiger partial charge is 0.411 e. The maximum absolute atomic E-state index is 13.0. The van der Waals surface area contributed by atoms with Crippen molar-refractivity contribution in [3.8, 4) is 17.1 Å². The van der Waals surface area contributed by atoms with Gasteiger partial charge >= 0.3 is 17.8 Å². The summed E-state index contributed by atoms with van der Waals surface area (Å²) in [6.07, 6.45) is 0.118. The number of benzene rings is 2. The molecule has 1 fully saturated rings. The van der Waals surface area contributed by atoms with Gasteiger partial charge < -0.3 is 14.2 Å². The van der Waals surface area contributed by atoms with Crippen molar-refractivity contribution < 1.29 is 33.4 Å². The van der Waals surface area contributed by atoms with E-state index in [1.807, 2.05) is 6.07 Å². The van der Waals surface area contributed by atoms with Crippen LogP contribution in [0.4, 0.5) is 4.79 Å². The van der Waals surface area contributed by atoms with Gasteiger partial charge in [0.15, 0.2) is 5.82 Å². The predicted octanol–water partition coefficient (Wildman–Crippen LogP) is 3.26. The highest BCUT2D eigenvalue weighted by molar-refractivity contribution is 6.21. The number of rotatable bonds is 9. The molecule has 45 heavy (non-hydrogen) atoms. The molecule has 3 heterocycles. The fourth-order valence-corrected chi connectivity index (χ4v) is 5.57. The van der Waals surface area contributed by atoms with Crippen molar-refractivity contribution in [3.63, 3.8) is 0 Å². The first-order chi connectivity index (χ1) is 21.4. The van der Waals surface area contributed by atoms with Crippen LogP contribution in [0.1, 0.15) is 60.7 Å². The maximum atomic E-state index is 13.0. The lowest BCUT2D eigenvalue weighted by Crippen LogP contribution is -2.44. The first-order valence-electron chi connectivity index (χ1n) is 14.8. The Kier molecular flexibility index (Phi) is 8.80. The molecule has 1 saturated heterocycles. The topological polar surface area (TPSA) is 142 Å². The summed E-state index contributed by atoms with van der Waals surface area (Å²) < 4.78 is 19.4. The molecule has 5 rings (SSSR count). The van der Waals surface area contributed by atoms with Crippen molar-refractivity contribution in [3.05, 3.63) is 70.1 Å². The second-order valence-corrected chi connectivity index (χ2v) is 12.1. The van der Waals surface area contributed by atoms with Crippen molar-refractivity contribution >= 4 is 23.9 Å². The van der Waals surface area contributed by atoms with Crippen LogP contribution in [0.2, 0.25) is 0 Å². The van der Waals surface area contributed by atoms with Gasteiger partial charge in [-0.1, -0.05) is 24.3 Å². The second kappa shape index (κ2) is 12.6. The molecule has 13 nitrogen and oxygen atoms in total. The molecule has 2 aliphatic heterocycles. The SMILES string of the molecule is COC(=O)[C@@H]1C[C@H](Oc2cccc(-c3nn(C)c(=O)n3CCCCN3C(=O)c4ccccc4C3=O)c2)CN1C(=O)OC(C)(C)C. The van der Waals surface area contributed by atoms with E-state index in [1.54, 1.807) is 74.9 Å². The minimum absolute atomic E-state index is 0.125. The number of imide groups is 1. The van der Waals surface area contributed by atoms with Crippen molar-refractivity contribution in [2.45, 2.75) is 64.3 Å². The van der Waals surface area contributed by atoms with Crippen LogP contribution >= 0.6 is 0 Å². The molecule has 0 aliphatic carbocycles. The van der Waals surface area contributed by atoms with Crippen LogP contribution < -0.4 is 10.4 Å². The van der Waals surface area contributed by atoms with E-state index in [2.05, 4.69) is 5.10 Å². The largest absolute Gasteiger partial charge is 0.488 e. The van der Waals surface area contributed by atoms with Gasteiger partial charge in [-0.05, 0) is 57.9 Å². The summed E-state index contributed by atoms with van der Waals surface area (Å²) in [5.41, 5.74) is 0.412. The minimum Gasteiger partial charge on any atom is -0.488 e. The highest BCUT2D eigenvalue weighted by Crippen LogP contribution is 2.29. The van der Waals surface area contributed by atoms with Crippen molar-refractivity contribution in [2.24, 2.45) is 7.05 Å². The molecule has 3 amide bonds. The Morgan fingerprint density at radius 3 is 2.27 bits per heavy atom. The Balaban J connectivity index is 1.25. The minimum atomic E-state index is -0.848. The van der Waals surface area contributed by atoms with Gasteiger partial charge in [0.25, 0.3) is 11.8 Å². The number of aromatic nitrogens is 3. The van der Waals surface area contributed by atoms with Gasteiger partial charge in [-0.15, -0.1) is 5.10 Å². The highest BCUT2D eigenvalue weighted by atomic mass is 16.6. The molecular weight excluding hydrogens is 582 g/mol. The Hall–Kier alpha value is -4.94. The molecule has 0 unspecified atom stereocenters. The predicted molar refractivity (Wildman–Crippen MR) is 162 cm³/mol. The summed E-state index contributed by atoms with van der Waals surface area (Å²) >= 11 is 0. The zero-order valence-corrected chi connectivity index (χ0v) is 26.0. The summed E-state index contributed by atoms with van der Waals surface area (Å²) in [6.45, 7) is 5.94. The third-order valence-electron chi connectivity index (χ3n) is 7.66. The molecule has 2 atom stereocenters.